The lowest BCUT2D eigenvalue weighted by atomic mass is 10.1. The molecule has 1 aromatic rings. The molecule has 1 N–H and O–H groups in total. The largest absolute Gasteiger partial charge is 0.381 e. The fraction of sp³-hybridized carbons (Fsp3) is 0.538. The lowest BCUT2D eigenvalue weighted by molar-refractivity contribution is 0.0984. The van der Waals surface area contributed by atoms with E-state index in [1.54, 1.807) is 0 Å². The summed E-state index contributed by atoms with van der Waals surface area (Å²) in [6, 6.07) is 3.82. The van der Waals surface area contributed by atoms with Gasteiger partial charge in [-0.25, -0.2) is 8.42 Å². The van der Waals surface area contributed by atoms with Crippen LogP contribution in [0.15, 0.2) is 16.6 Å². The highest BCUT2D eigenvalue weighted by Crippen LogP contribution is 2.28. The second-order valence-electron chi connectivity index (χ2n) is 4.87. The Kier molecular flexibility index (Phi) is 4.53. The summed E-state index contributed by atoms with van der Waals surface area (Å²) >= 11 is 3.41. The number of benzene rings is 1. The third-order valence-corrected chi connectivity index (χ3v) is 5.64. The van der Waals surface area contributed by atoms with Crippen LogP contribution in [0.1, 0.15) is 24.0 Å². The van der Waals surface area contributed by atoms with Crippen molar-refractivity contribution in [3.05, 3.63) is 27.7 Å². The van der Waals surface area contributed by atoms with Crippen molar-refractivity contribution in [2.45, 2.75) is 31.9 Å². The van der Waals surface area contributed by atoms with E-state index in [0.717, 1.165) is 15.6 Å². The van der Waals surface area contributed by atoms with Crippen LogP contribution in [0.3, 0.4) is 0 Å². The van der Waals surface area contributed by atoms with Crippen LogP contribution in [0.25, 0.3) is 0 Å². The number of halogens is 1. The normalized spacial score (nSPS) is 17.4. The van der Waals surface area contributed by atoms with Crippen molar-refractivity contribution >= 4 is 31.6 Å². The number of nitrogens with one attached hydrogen (secondary N) is 1. The maximum Gasteiger partial charge on any atom is 0.235 e. The summed E-state index contributed by atoms with van der Waals surface area (Å²) < 4.78 is 33.6. The Bertz CT molecular complexity index is 542. The third-order valence-electron chi connectivity index (χ3n) is 3.35. The van der Waals surface area contributed by atoms with Crippen molar-refractivity contribution in [1.82, 2.24) is 0 Å². The molecule has 1 aliphatic rings. The van der Waals surface area contributed by atoms with Crippen molar-refractivity contribution in [2.75, 3.05) is 17.9 Å². The number of anilines is 1. The van der Waals surface area contributed by atoms with Crippen LogP contribution in [0.4, 0.5) is 5.69 Å². The number of hydrogen-bond donors (Lipinski definition) is 1. The van der Waals surface area contributed by atoms with Gasteiger partial charge in [-0.3, -0.25) is 4.72 Å². The first-order valence-corrected chi connectivity index (χ1v) is 8.60. The third kappa shape index (κ3) is 3.49. The van der Waals surface area contributed by atoms with E-state index in [2.05, 4.69) is 20.7 Å². The molecule has 0 radical (unpaired) electrons. The molecule has 0 amide bonds. The maximum atomic E-state index is 12.4. The van der Waals surface area contributed by atoms with Crippen molar-refractivity contribution in [3.63, 3.8) is 0 Å². The van der Waals surface area contributed by atoms with Crippen LogP contribution in [0.5, 0.6) is 0 Å². The van der Waals surface area contributed by atoms with Crippen molar-refractivity contribution in [1.29, 1.82) is 0 Å². The molecule has 0 spiro atoms. The van der Waals surface area contributed by atoms with Gasteiger partial charge in [-0.15, -0.1) is 0 Å². The Balaban J connectivity index is 2.25. The van der Waals surface area contributed by atoms with E-state index >= 15 is 0 Å². The second kappa shape index (κ2) is 5.81. The molecular weight excluding hydrogens is 330 g/mol. The van der Waals surface area contributed by atoms with Crippen molar-refractivity contribution in [3.8, 4) is 0 Å². The molecule has 0 atom stereocenters. The van der Waals surface area contributed by atoms with E-state index < -0.39 is 10.0 Å². The zero-order chi connectivity index (χ0) is 14.0. The fourth-order valence-electron chi connectivity index (χ4n) is 2.28. The molecule has 0 aromatic heterocycles. The number of ether oxygens (including phenoxy) is 1. The highest BCUT2D eigenvalue weighted by Gasteiger charge is 2.28. The van der Waals surface area contributed by atoms with E-state index in [9.17, 15) is 8.42 Å². The van der Waals surface area contributed by atoms with Crippen LogP contribution in [-0.4, -0.2) is 26.9 Å². The molecule has 1 aromatic carbocycles. The predicted molar refractivity (Wildman–Crippen MR) is 80.0 cm³/mol. The first-order valence-electron chi connectivity index (χ1n) is 6.26. The van der Waals surface area contributed by atoms with Crippen LogP contribution in [-0.2, 0) is 14.8 Å². The molecule has 0 saturated carbocycles. The molecule has 19 heavy (non-hydrogen) atoms. The van der Waals surface area contributed by atoms with Gasteiger partial charge in [0.1, 0.15) is 0 Å². The summed E-state index contributed by atoms with van der Waals surface area (Å²) in [5, 5.41) is -0.358. The minimum Gasteiger partial charge on any atom is -0.381 e. The quantitative estimate of drug-likeness (QED) is 0.914. The van der Waals surface area contributed by atoms with Gasteiger partial charge in [-0.2, -0.15) is 0 Å². The maximum absolute atomic E-state index is 12.4. The molecule has 4 nitrogen and oxygen atoms in total. The smallest absolute Gasteiger partial charge is 0.235 e. The van der Waals surface area contributed by atoms with Gasteiger partial charge in [0.2, 0.25) is 10.0 Å². The van der Waals surface area contributed by atoms with Gasteiger partial charge < -0.3 is 4.74 Å². The van der Waals surface area contributed by atoms with E-state index in [-0.39, 0.29) is 5.25 Å². The Morgan fingerprint density at radius 2 is 1.74 bits per heavy atom. The van der Waals surface area contributed by atoms with Crippen LogP contribution in [0.2, 0.25) is 0 Å². The standard InChI is InChI=1S/C13H18BrNO3S/c1-9-7-11(14)8-10(2)13(9)15-19(16,17)12-3-5-18-6-4-12/h7-8,12,15H,3-6H2,1-2H3. The first kappa shape index (κ1) is 14.8. The van der Waals surface area contributed by atoms with Crippen LogP contribution < -0.4 is 4.72 Å². The van der Waals surface area contributed by atoms with E-state index in [1.165, 1.54) is 0 Å². The average Bonchev–Trinajstić information content (AvgIpc) is 2.35. The Morgan fingerprint density at radius 1 is 1.21 bits per heavy atom. The summed E-state index contributed by atoms with van der Waals surface area (Å²) in [5.74, 6) is 0. The minimum atomic E-state index is -3.34. The molecule has 2 rings (SSSR count). The Hall–Kier alpha value is -0.590. The van der Waals surface area contributed by atoms with Crippen molar-refractivity contribution < 1.29 is 13.2 Å². The van der Waals surface area contributed by atoms with Crippen LogP contribution in [0, 0.1) is 13.8 Å². The highest BCUT2D eigenvalue weighted by molar-refractivity contribution is 9.10. The van der Waals surface area contributed by atoms with Gasteiger partial charge in [0.05, 0.1) is 10.9 Å². The lowest BCUT2D eigenvalue weighted by Crippen LogP contribution is -2.33. The number of hydrogen-bond acceptors (Lipinski definition) is 3. The molecular formula is C13H18BrNO3S. The predicted octanol–water partition coefficient (Wildman–Crippen LogP) is 2.99. The monoisotopic (exact) mass is 347 g/mol. The number of sulfonamides is 1. The second-order valence-corrected chi connectivity index (χ2v) is 7.75. The summed E-state index contributed by atoms with van der Waals surface area (Å²) in [6.07, 6.45) is 1.12. The summed E-state index contributed by atoms with van der Waals surface area (Å²) in [5.41, 5.74) is 2.53. The molecule has 1 heterocycles. The average molecular weight is 348 g/mol. The number of aryl methyl sites for hydroxylation is 2. The summed E-state index contributed by atoms with van der Waals surface area (Å²) in [6.45, 7) is 4.84. The summed E-state index contributed by atoms with van der Waals surface area (Å²) in [7, 11) is -3.34. The van der Waals surface area contributed by atoms with E-state index in [4.69, 9.17) is 4.74 Å². The number of rotatable bonds is 3. The lowest BCUT2D eigenvalue weighted by Gasteiger charge is -2.24. The topological polar surface area (TPSA) is 55.4 Å². The zero-order valence-corrected chi connectivity index (χ0v) is 13.5. The minimum absolute atomic E-state index is 0.358. The van der Waals surface area contributed by atoms with Gasteiger partial charge in [0.15, 0.2) is 0 Å². The first-order chi connectivity index (χ1) is 8.90. The molecule has 1 saturated heterocycles. The van der Waals surface area contributed by atoms with Gasteiger partial charge in [-0.05, 0) is 49.9 Å². The Morgan fingerprint density at radius 3 is 2.26 bits per heavy atom. The van der Waals surface area contributed by atoms with Crippen LogP contribution >= 0.6 is 15.9 Å². The fourth-order valence-corrected chi connectivity index (χ4v) is 4.56. The molecule has 6 heteroatoms. The van der Waals surface area contributed by atoms with E-state index in [1.807, 2.05) is 26.0 Å². The SMILES string of the molecule is Cc1cc(Br)cc(C)c1NS(=O)(=O)C1CCOCC1. The highest BCUT2D eigenvalue weighted by atomic mass is 79.9. The Labute approximate surface area is 122 Å². The zero-order valence-electron chi connectivity index (χ0n) is 11.1. The summed E-state index contributed by atoms with van der Waals surface area (Å²) in [4.78, 5) is 0. The van der Waals surface area contributed by atoms with E-state index in [0.29, 0.717) is 31.7 Å². The molecule has 0 bridgehead atoms. The molecule has 0 aliphatic carbocycles. The van der Waals surface area contributed by atoms with Gasteiger partial charge in [-0.1, -0.05) is 15.9 Å². The molecule has 1 aliphatic heterocycles. The molecule has 1 fully saturated rings. The molecule has 0 unspecified atom stereocenters. The van der Waals surface area contributed by atoms with Gasteiger partial charge in [0, 0.05) is 17.7 Å². The van der Waals surface area contributed by atoms with Crippen molar-refractivity contribution in [2.24, 2.45) is 0 Å². The van der Waals surface area contributed by atoms with Gasteiger partial charge >= 0.3 is 0 Å². The van der Waals surface area contributed by atoms with Gasteiger partial charge in [0.25, 0.3) is 0 Å². The molecule has 106 valence electrons.